The second-order valence-electron chi connectivity index (χ2n) is 9.48. The third-order valence-electron chi connectivity index (χ3n) is 6.97. The van der Waals surface area contributed by atoms with Crippen LogP contribution >= 0.6 is 0 Å². The summed E-state index contributed by atoms with van der Waals surface area (Å²) in [4.78, 5) is 28.5. The lowest BCUT2D eigenvalue weighted by Gasteiger charge is -2.31. The molecule has 0 radical (unpaired) electrons. The zero-order valence-corrected chi connectivity index (χ0v) is 22.6. The fourth-order valence-electron chi connectivity index (χ4n) is 4.97. The van der Waals surface area contributed by atoms with Crippen LogP contribution in [0.15, 0.2) is 65.6 Å². The Balaban J connectivity index is 1.52. The van der Waals surface area contributed by atoms with Gasteiger partial charge in [-0.05, 0) is 54.8 Å². The number of carbonyl (C=O) groups is 2. The first-order valence-corrected chi connectivity index (χ1v) is 14.4. The van der Waals surface area contributed by atoms with E-state index in [4.69, 9.17) is 0 Å². The zero-order chi connectivity index (χ0) is 26.6. The monoisotopic (exact) mass is 521 g/mol. The number of anilines is 1. The molecule has 0 aromatic heterocycles. The van der Waals surface area contributed by atoms with E-state index < -0.39 is 16.1 Å². The van der Waals surface area contributed by atoms with Gasteiger partial charge in [0.2, 0.25) is 11.8 Å². The van der Waals surface area contributed by atoms with E-state index in [0.717, 1.165) is 28.3 Å². The molecule has 3 aromatic rings. The molecule has 1 aliphatic rings. The van der Waals surface area contributed by atoms with Crippen molar-refractivity contribution in [3.05, 3.63) is 71.8 Å². The quantitative estimate of drug-likeness (QED) is 0.394. The van der Waals surface area contributed by atoms with E-state index in [1.165, 1.54) is 4.31 Å². The van der Waals surface area contributed by atoms with Crippen molar-refractivity contribution >= 4 is 38.3 Å². The molecule has 0 saturated heterocycles. The molecule has 0 spiro atoms. The molecule has 1 N–H and O–H groups in total. The molecule has 1 heterocycles. The van der Waals surface area contributed by atoms with Gasteiger partial charge in [0.25, 0.3) is 10.0 Å². The van der Waals surface area contributed by atoms with Crippen molar-refractivity contribution in [2.24, 2.45) is 0 Å². The minimum absolute atomic E-state index is 0.141. The Morgan fingerprint density at radius 3 is 2.43 bits per heavy atom. The lowest BCUT2D eigenvalue weighted by Crippen LogP contribution is -2.49. The van der Waals surface area contributed by atoms with Crippen molar-refractivity contribution < 1.29 is 18.0 Å². The number of benzene rings is 3. The summed E-state index contributed by atoms with van der Waals surface area (Å²) in [5.41, 5.74) is 2.70. The highest BCUT2D eigenvalue weighted by Crippen LogP contribution is 2.42. The maximum absolute atomic E-state index is 13.6. The van der Waals surface area contributed by atoms with Gasteiger partial charge in [-0.15, -0.1) is 0 Å². The normalized spacial score (nSPS) is 14.5. The fraction of sp³-hybridized carbons (Fsp3) is 0.379. The Bertz CT molecular complexity index is 1400. The van der Waals surface area contributed by atoms with Crippen molar-refractivity contribution in [2.45, 2.75) is 63.9 Å². The van der Waals surface area contributed by atoms with E-state index in [-0.39, 0.29) is 24.8 Å². The van der Waals surface area contributed by atoms with E-state index in [2.05, 4.69) is 5.32 Å². The highest BCUT2D eigenvalue weighted by Gasteiger charge is 2.35. The minimum atomic E-state index is -3.67. The smallest absolute Gasteiger partial charge is 0.265 e. The van der Waals surface area contributed by atoms with Gasteiger partial charge in [-0.2, -0.15) is 0 Å². The van der Waals surface area contributed by atoms with Gasteiger partial charge in [0.05, 0.1) is 10.6 Å². The molecule has 3 aromatic carbocycles. The second kappa shape index (κ2) is 11.3. The summed E-state index contributed by atoms with van der Waals surface area (Å²) < 4.78 is 28.0. The fourth-order valence-corrected chi connectivity index (χ4v) is 6.72. The number of sulfonamides is 1. The number of amides is 2. The van der Waals surface area contributed by atoms with Crippen LogP contribution < -0.4 is 9.62 Å². The van der Waals surface area contributed by atoms with E-state index in [1.54, 1.807) is 17.0 Å². The van der Waals surface area contributed by atoms with Crippen LogP contribution in [0.3, 0.4) is 0 Å². The molecule has 7 nitrogen and oxygen atoms in total. The van der Waals surface area contributed by atoms with E-state index >= 15 is 0 Å². The molecular weight excluding hydrogens is 486 g/mol. The molecule has 4 rings (SSSR count). The lowest BCUT2D eigenvalue weighted by atomic mass is 10.0. The van der Waals surface area contributed by atoms with E-state index in [1.807, 2.05) is 69.3 Å². The molecule has 0 unspecified atom stereocenters. The minimum Gasteiger partial charge on any atom is -0.354 e. The van der Waals surface area contributed by atoms with Gasteiger partial charge in [-0.25, -0.2) is 8.42 Å². The number of hydrogen-bond donors (Lipinski definition) is 1. The van der Waals surface area contributed by atoms with Crippen LogP contribution in [-0.4, -0.2) is 44.3 Å². The highest BCUT2D eigenvalue weighted by atomic mass is 32.2. The van der Waals surface area contributed by atoms with Crippen molar-refractivity contribution in [1.29, 1.82) is 0 Å². The third-order valence-corrected chi connectivity index (χ3v) is 8.83. The molecule has 0 bridgehead atoms. The predicted molar refractivity (Wildman–Crippen MR) is 147 cm³/mol. The van der Waals surface area contributed by atoms with Gasteiger partial charge in [-0.1, -0.05) is 62.4 Å². The molecule has 0 fully saturated rings. The van der Waals surface area contributed by atoms with Gasteiger partial charge in [0.15, 0.2) is 0 Å². The maximum Gasteiger partial charge on any atom is 0.265 e. The van der Waals surface area contributed by atoms with Crippen LogP contribution in [0.4, 0.5) is 5.69 Å². The Hall–Kier alpha value is -3.39. The van der Waals surface area contributed by atoms with Crippen LogP contribution in [0.5, 0.6) is 0 Å². The molecule has 2 amide bonds. The standard InChI is InChI=1S/C29H35N3O4S/c1-4-18-30-29(34)24(5-2)31(20-23-12-7-6-11-21(23)3)27(33)17-10-19-32-25-15-8-13-22-14-9-16-26(28(22)25)37(32,35)36/h6-9,11-16,24H,4-5,10,17-20H2,1-3H3,(H,30,34)/t24-/m0/s1. The maximum atomic E-state index is 13.6. The van der Waals surface area contributed by atoms with Crippen molar-refractivity contribution in [1.82, 2.24) is 10.2 Å². The average molecular weight is 522 g/mol. The molecule has 1 aliphatic heterocycles. The Kier molecular flexibility index (Phi) is 8.17. The lowest BCUT2D eigenvalue weighted by molar-refractivity contribution is -0.141. The van der Waals surface area contributed by atoms with E-state index in [9.17, 15) is 18.0 Å². The number of hydrogen-bond acceptors (Lipinski definition) is 4. The molecular formula is C29H35N3O4S. The number of aryl methyl sites for hydroxylation is 1. The van der Waals surface area contributed by atoms with Crippen LogP contribution in [0.1, 0.15) is 50.7 Å². The average Bonchev–Trinajstić information content (AvgIpc) is 3.11. The van der Waals surface area contributed by atoms with Gasteiger partial charge in [0, 0.05) is 31.4 Å². The Morgan fingerprint density at radius 2 is 1.73 bits per heavy atom. The van der Waals surface area contributed by atoms with Crippen molar-refractivity contribution in [3.63, 3.8) is 0 Å². The topological polar surface area (TPSA) is 86.8 Å². The summed E-state index contributed by atoms with van der Waals surface area (Å²) in [7, 11) is -3.67. The molecule has 196 valence electrons. The number of nitrogens with one attached hydrogen (secondary N) is 1. The molecule has 1 atom stereocenters. The summed E-state index contributed by atoms with van der Waals surface area (Å²) in [5, 5.41) is 4.54. The molecule has 8 heteroatoms. The number of nitrogens with zero attached hydrogens (tertiary/aromatic N) is 2. The van der Waals surface area contributed by atoms with Gasteiger partial charge in [0.1, 0.15) is 6.04 Å². The van der Waals surface area contributed by atoms with E-state index in [0.29, 0.717) is 36.5 Å². The first-order chi connectivity index (χ1) is 17.8. The van der Waals surface area contributed by atoms with Crippen LogP contribution in [-0.2, 0) is 26.2 Å². The highest BCUT2D eigenvalue weighted by molar-refractivity contribution is 7.93. The van der Waals surface area contributed by atoms with Gasteiger partial charge < -0.3 is 10.2 Å². The third kappa shape index (κ3) is 5.34. The Morgan fingerprint density at radius 1 is 1.00 bits per heavy atom. The summed E-state index contributed by atoms with van der Waals surface area (Å²) in [5.74, 6) is -0.315. The number of carbonyl (C=O) groups excluding carboxylic acids is 2. The largest absolute Gasteiger partial charge is 0.354 e. The van der Waals surface area contributed by atoms with Crippen LogP contribution in [0.2, 0.25) is 0 Å². The first-order valence-electron chi connectivity index (χ1n) is 13.0. The molecule has 0 aliphatic carbocycles. The molecule has 37 heavy (non-hydrogen) atoms. The zero-order valence-electron chi connectivity index (χ0n) is 21.7. The number of rotatable bonds is 11. The van der Waals surface area contributed by atoms with Crippen molar-refractivity contribution in [3.8, 4) is 0 Å². The summed E-state index contributed by atoms with van der Waals surface area (Å²) in [6.07, 6.45) is 1.79. The van der Waals surface area contributed by atoms with Gasteiger partial charge in [-0.3, -0.25) is 13.9 Å². The SMILES string of the molecule is CCCNC(=O)[C@H](CC)N(Cc1ccccc1C)C(=O)CCCN1c2cccc3cccc(c23)S1(=O)=O. The first kappa shape index (κ1) is 26.7. The molecule has 0 saturated carbocycles. The Labute approximate surface area is 219 Å². The van der Waals surface area contributed by atoms with Crippen LogP contribution in [0.25, 0.3) is 10.8 Å². The summed E-state index contributed by atoms with van der Waals surface area (Å²) in [6.45, 7) is 6.97. The second-order valence-corrected chi connectivity index (χ2v) is 11.3. The van der Waals surface area contributed by atoms with Gasteiger partial charge >= 0.3 is 0 Å². The predicted octanol–water partition coefficient (Wildman–Crippen LogP) is 4.77. The summed E-state index contributed by atoms with van der Waals surface area (Å²) >= 11 is 0. The van der Waals surface area contributed by atoms with Crippen molar-refractivity contribution in [2.75, 3.05) is 17.4 Å². The summed E-state index contributed by atoms with van der Waals surface area (Å²) in [6, 6.07) is 18.1. The van der Waals surface area contributed by atoms with Crippen LogP contribution in [0, 0.1) is 6.92 Å².